The number of aromatic amines is 1. The summed E-state index contributed by atoms with van der Waals surface area (Å²) in [5.41, 5.74) is 3.89. The van der Waals surface area contributed by atoms with Crippen LogP contribution in [0.2, 0.25) is 0 Å². The summed E-state index contributed by atoms with van der Waals surface area (Å²) in [5.74, 6) is 1.48. The topological polar surface area (TPSA) is 70.6 Å². The summed E-state index contributed by atoms with van der Waals surface area (Å²) in [6.07, 6.45) is 1.84. The number of imidazole rings is 1. The number of carbonyl (C=O) groups is 1. The molecule has 0 saturated heterocycles. The van der Waals surface area contributed by atoms with Crippen LogP contribution in [-0.2, 0) is 4.79 Å². The summed E-state index contributed by atoms with van der Waals surface area (Å²) >= 11 is 0. The average molecular weight is 348 g/mol. The first-order valence-corrected chi connectivity index (χ1v) is 8.52. The summed E-state index contributed by atoms with van der Waals surface area (Å²) in [4.78, 5) is 20.2. The van der Waals surface area contributed by atoms with Crippen molar-refractivity contribution < 1.29 is 9.53 Å². The van der Waals surface area contributed by atoms with E-state index in [-0.39, 0.29) is 17.7 Å². The van der Waals surface area contributed by atoms with Gasteiger partial charge < -0.3 is 9.72 Å². The van der Waals surface area contributed by atoms with Crippen LogP contribution in [0.1, 0.15) is 18.4 Å². The number of hydrogen-bond acceptors (Lipinski definition) is 4. The van der Waals surface area contributed by atoms with Gasteiger partial charge in [-0.05, 0) is 42.0 Å². The van der Waals surface area contributed by atoms with E-state index in [9.17, 15) is 4.79 Å². The highest BCUT2D eigenvalue weighted by Crippen LogP contribution is 2.30. The first-order valence-electron chi connectivity index (χ1n) is 8.52. The minimum atomic E-state index is -0.140. The smallest absolute Gasteiger partial charge is 0.246 e. The van der Waals surface area contributed by atoms with Crippen molar-refractivity contribution in [2.75, 3.05) is 14.2 Å². The lowest BCUT2D eigenvalue weighted by atomic mass is 9.86. The molecule has 1 aliphatic rings. The van der Waals surface area contributed by atoms with Crippen LogP contribution in [0.3, 0.4) is 0 Å². The standard InChI is InChI=1S/C20H20N4O2/c1-12-16(11-21-24(2)20(12)25)14-6-9-17-18(10-14)23-19(22-17)13-4-7-15(26-3)8-5-13/h4-12,16H,1-3H3,(H,22,23). The molecule has 1 aliphatic heterocycles. The van der Waals surface area contributed by atoms with Gasteiger partial charge in [0, 0.05) is 30.7 Å². The molecule has 0 radical (unpaired) electrons. The molecule has 1 aromatic heterocycles. The van der Waals surface area contributed by atoms with Gasteiger partial charge in [-0.3, -0.25) is 4.79 Å². The van der Waals surface area contributed by atoms with E-state index in [0.717, 1.165) is 33.7 Å². The number of aromatic nitrogens is 2. The van der Waals surface area contributed by atoms with E-state index < -0.39 is 0 Å². The van der Waals surface area contributed by atoms with E-state index in [1.165, 1.54) is 5.01 Å². The lowest BCUT2D eigenvalue weighted by Crippen LogP contribution is -2.36. The van der Waals surface area contributed by atoms with E-state index in [1.54, 1.807) is 14.2 Å². The quantitative estimate of drug-likeness (QED) is 0.788. The molecule has 0 fully saturated rings. The maximum Gasteiger partial charge on any atom is 0.246 e. The van der Waals surface area contributed by atoms with Gasteiger partial charge in [0.25, 0.3) is 0 Å². The van der Waals surface area contributed by atoms with E-state index in [4.69, 9.17) is 4.74 Å². The Labute approximate surface area is 151 Å². The van der Waals surface area contributed by atoms with Gasteiger partial charge in [-0.25, -0.2) is 9.99 Å². The number of nitrogens with zero attached hydrogens (tertiary/aromatic N) is 3. The third kappa shape index (κ3) is 2.73. The highest BCUT2D eigenvalue weighted by atomic mass is 16.5. The average Bonchev–Trinajstić information content (AvgIpc) is 3.09. The highest BCUT2D eigenvalue weighted by molar-refractivity contribution is 5.89. The van der Waals surface area contributed by atoms with Gasteiger partial charge in [0.2, 0.25) is 5.91 Å². The number of rotatable bonds is 3. The molecule has 0 aliphatic carbocycles. The van der Waals surface area contributed by atoms with E-state index >= 15 is 0 Å². The van der Waals surface area contributed by atoms with Gasteiger partial charge in [0.1, 0.15) is 11.6 Å². The van der Waals surface area contributed by atoms with Crippen molar-refractivity contribution in [3.8, 4) is 17.1 Å². The van der Waals surface area contributed by atoms with Crippen LogP contribution in [0.5, 0.6) is 5.75 Å². The Hall–Kier alpha value is -3.15. The molecule has 6 nitrogen and oxygen atoms in total. The number of methoxy groups -OCH3 is 1. The Morgan fingerprint density at radius 2 is 1.92 bits per heavy atom. The van der Waals surface area contributed by atoms with Gasteiger partial charge in [0.05, 0.1) is 18.1 Å². The maximum atomic E-state index is 12.2. The Morgan fingerprint density at radius 3 is 2.65 bits per heavy atom. The second-order valence-corrected chi connectivity index (χ2v) is 6.53. The fraction of sp³-hybridized carbons (Fsp3) is 0.250. The number of fused-ring (bicyclic) bond motifs is 1. The molecule has 0 spiro atoms. The van der Waals surface area contributed by atoms with Crippen LogP contribution in [-0.4, -0.2) is 41.3 Å². The number of ether oxygens (including phenoxy) is 1. The molecular weight excluding hydrogens is 328 g/mol. The van der Waals surface area contributed by atoms with Crippen LogP contribution >= 0.6 is 0 Å². The first kappa shape index (κ1) is 16.3. The summed E-state index contributed by atoms with van der Waals surface area (Å²) in [6.45, 7) is 1.94. The maximum absolute atomic E-state index is 12.2. The zero-order valence-electron chi connectivity index (χ0n) is 14.9. The number of carbonyl (C=O) groups excluding carboxylic acids is 1. The van der Waals surface area contributed by atoms with Crippen molar-refractivity contribution in [3.05, 3.63) is 48.0 Å². The third-order valence-corrected chi connectivity index (χ3v) is 4.90. The normalized spacial score (nSPS) is 20.0. The summed E-state index contributed by atoms with van der Waals surface area (Å²) in [6, 6.07) is 13.8. The van der Waals surface area contributed by atoms with Crippen molar-refractivity contribution in [2.45, 2.75) is 12.8 Å². The molecule has 2 heterocycles. The monoisotopic (exact) mass is 348 g/mol. The molecule has 2 unspecified atom stereocenters. The van der Waals surface area contributed by atoms with Crippen LogP contribution in [0, 0.1) is 5.92 Å². The molecule has 6 heteroatoms. The number of hydrogen-bond donors (Lipinski definition) is 1. The molecule has 1 N–H and O–H groups in total. The molecule has 1 amide bonds. The number of hydrazone groups is 1. The van der Waals surface area contributed by atoms with Crippen molar-refractivity contribution in [1.29, 1.82) is 0 Å². The summed E-state index contributed by atoms with van der Waals surface area (Å²) < 4.78 is 5.20. The molecule has 0 saturated carbocycles. The van der Waals surface area contributed by atoms with Crippen LogP contribution < -0.4 is 4.74 Å². The molecule has 26 heavy (non-hydrogen) atoms. The van der Waals surface area contributed by atoms with E-state index in [2.05, 4.69) is 21.1 Å². The first-order chi connectivity index (χ1) is 12.6. The predicted molar refractivity (Wildman–Crippen MR) is 101 cm³/mol. The molecule has 2 atom stereocenters. The molecule has 4 rings (SSSR count). The fourth-order valence-electron chi connectivity index (χ4n) is 3.30. The highest BCUT2D eigenvalue weighted by Gasteiger charge is 2.30. The lowest BCUT2D eigenvalue weighted by molar-refractivity contribution is -0.134. The molecule has 0 bridgehead atoms. The van der Waals surface area contributed by atoms with Crippen LogP contribution in [0.15, 0.2) is 47.6 Å². The van der Waals surface area contributed by atoms with E-state index in [1.807, 2.05) is 49.5 Å². The number of amides is 1. The van der Waals surface area contributed by atoms with Gasteiger partial charge in [0.15, 0.2) is 0 Å². The van der Waals surface area contributed by atoms with Gasteiger partial charge in [-0.2, -0.15) is 5.10 Å². The van der Waals surface area contributed by atoms with Crippen molar-refractivity contribution in [1.82, 2.24) is 15.0 Å². The van der Waals surface area contributed by atoms with Crippen molar-refractivity contribution >= 4 is 23.2 Å². The second-order valence-electron chi connectivity index (χ2n) is 6.53. The fourth-order valence-corrected chi connectivity index (χ4v) is 3.30. The minimum Gasteiger partial charge on any atom is -0.497 e. The number of nitrogens with one attached hydrogen (secondary N) is 1. The summed E-state index contributed by atoms with van der Waals surface area (Å²) in [5, 5.41) is 5.59. The lowest BCUT2D eigenvalue weighted by Gasteiger charge is -2.27. The molecule has 2 aromatic carbocycles. The van der Waals surface area contributed by atoms with Crippen LogP contribution in [0.25, 0.3) is 22.4 Å². The third-order valence-electron chi connectivity index (χ3n) is 4.90. The Morgan fingerprint density at radius 1 is 1.15 bits per heavy atom. The number of H-pyrrole nitrogens is 1. The van der Waals surface area contributed by atoms with E-state index in [0.29, 0.717) is 0 Å². The van der Waals surface area contributed by atoms with Crippen molar-refractivity contribution in [2.24, 2.45) is 11.0 Å². The van der Waals surface area contributed by atoms with Gasteiger partial charge in [-0.1, -0.05) is 13.0 Å². The summed E-state index contributed by atoms with van der Waals surface area (Å²) in [7, 11) is 3.33. The Kier molecular flexibility index (Phi) is 3.95. The Balaban J connectivity index is 1.69. The number of benzene rings is 2. The van der Waals surface area contributed by atoms with Gasteiger partial charge >= 0.3 is 0 Å². The van der Waals surface area contributed by atoms with Crippen molar-refractivity contribution in [3.63, 3.8) is 0 Å². The zero-order chi connectivity index (χ0) is 18.3. The minimum absolute atomic E-state index is 0.0288. The SMILES string of the molecule is COc1ccc(-c2nc3ccc(C4C=NN(C)C(=O)C4C)cc3[nH]2)cc1. The molecule has 3 aromatic rings. The predicted octanol–water partition coefficient (Wildman–Crippen LogP) is 3.42. The van der Waals surface area contributed by atoms with Gasteiger partial charge in [-0.15, -0.1) is 0 Å². The zero-order valence-corrected chi connectivity index (χ0v) is 14.9. The molecule has 132 valence electrons. The Bertz CT molecular complexity index is 991. The largest absolute Gasteiger partial charge is 0.497 e. The molecular formula is C20H20N4O2. The second kappa shape index (κ2) is 6.29. The van der Waals surface area contributed by atoms with Crippen LogP contribution in [0.4, 0.5) is 0 Å².